The van der Waals surface area contributed by atoms with E-state index in [1.807, 2.05) is 0 Å². The fourth-order valence-corrected chi connectivity index (χ4v) is 6.50. The lowest BCUT2D eigenvalue weighted by Gasteiger charge is -2.16. The number of aliphatic hydroxyl groups is 2. The van der Waals surface area contributed by atoms with E-state index in [9.17, 15) is 15.0 Å². The average Bonchev–Trinajstić information content (AvgIpc) is 3.53. The highest BCUT2D eigenvalue weighted by Crippen LogP contribution is 2.33. The van der Waals surface area contributed by atoms with Crippen LogP contribution in [0.5, 0.6) is 0 Å². The van der Waals surface area contributed by atoms with Crippen molar-refractivity contribution >= 4 is 45.6 Å². The van der Waals surface area contributed by atoms with Gasteiger partial charge in [-0.05, 0) is 74.3 Å². The molecule has 2 aliphatic rings. The van der Waals surface area contributed by atoms with Crippen molar-refractivity contribution in [3.05, 3.63) is 77.5 Å². The summed E-state index contributed by atoms with van der Waals surface area (Å²) in [5.41, 5.74) is 7.22. The molecule has 0 spiro atoms. The monoisotopic (exact) mass is 627 g/mol. The predicted octanol–water partition coefficient (Wildman–Crippen LogP) is 3.72. The molecular formula is C33H37N7O4S. The highest BCUT2D eigenvalue weighted by molar-refractivity contribution is 7.98. The summed E-state index contributed by atoms with van der Waals surface area (Å²) in [5.74, 6) is 0.131. The molecule has 7 rings (SSSR count). The quantitative estimate of drug-likeness (QED) is 0.171. The minimum Gasteiger partial charge on any atom is -0.387 e. The molecule has 0 radical (unpaired) electrons. The normalized spacial score (nSPS) is 21.5. The van der Waals surface area contributed by atoms with E-state index in [1.165, 1.54) is 50.7 Å². The number of nitrogens with one attached hydrogen (secondary N) is 2. The van der Waals surface area contributed by atoms with Crippen LogP contribution < -0.4 is 10.6 Å². The first-order valence-electron chi connectivity index (χ1n) is 15.3. The second kappa shape index (κ2) is 12.1. The number of benzene rings is 2. The van der Waals surface area contributed by atoms with Crippen molar-refractivity contribution in [3.63, 3.8) is 0 Å². The van der Waals surface area contributed by atoms with E-state index >= 15 is 0 Å². The second-order valence-corrected chi connectivity index (χ2v) is 12.9. The zero-order valence-electron chi connectivity index (χ0n) is 25.5. The number of hydrogen-bond donors (Lipinski definition) is 4. The molecule has 1 saturated heterocycles. The van der Waals surface area contributed by atoms with Gasteiger partial charge in [0.05, 0.1) is 6.33 Å². The molecule has 2 aromatic carbocycles. The number of amides is 1. The number of rotatable bonds is 10. The van der Waals surface area contributed by atoms with Crippen LogP contribution in [0.25, 0.3) is 22.1 Å². The number of hydrogen-bond acceptors (Lipinski definition) is 9. The summed E-state index contributed by atoms with van der Waals surface area (Å²) in [6, 6.07) is 13.4. The topological polar surface area (TPSA) is 139 Å². The average molecular weight is 628 g/mol. The van der Waals surface area contributed by atoms with Gasteiger partial charge in [0.2, 0.25) is 0 Å². The van der Waals surface area contributed by atoms with E-state index in [0.717, 1.165) is 25.8 Å². The third kappa shape index (κ3) is 5.79. The van der Waals surface area contributed by atoms with Crippen LogP contribution in [0.2, 0.25) is 0 Å². The highest BCUT2D eigenvalue weighted by Gasteiger charge is 2.48. The van der Waals surface area contributed by atoms with Crippen molar-refractivity contribution in [2.75, 3.05) is 18.1 Å². The van der Waals surface area contributed by atoms with E-state index in [1.54, 1.807) is 16.3 Å². The molecule has 5 aromatic rings. The van der Waals surface area contributed by atoms with Crippen molar-refractivity contribution in [1.29, 1.82) is 0 Å². The molecule has 1 aliphatic carbocycles. The summed E-state index contributed by atoms with van der Waals surface area (Å²) >= 11 is 1.73. The first kappa shape index (κ1) is 29.7. The van der Waals surface area contributed by atoms with Crippen LogP contribution in [0.4, 0.5) is 5.82 Å². The Kier molecular flexibility index (Phi) is 7.98. The van der Waals surface area contributed by atoms with Crippen LogP contribution in [-0.2, 0) is 22.5 Å². The van der Waals surface area contributed by atoms with Gasteiger partial charge in [0.1, 0.15) is 18.5 Å². The fraction of sp³-hybridized carbons (Fsp3) is 0.394. The summed E-state index contributed by atoms with van der Waals surface area (Å²) in [6.45, 7) is 5.69. The van der Waals surface area contributed by atoms with Crippen LogP contribution in [0.15, 0.2) is 60.1 Å². The Labute approximate surface area is 265 Å². The molecule has 0 unspecified atom stereocenters. The van der Waals surface area contributed by atoms with E-state index < -0.39 is 30.4 Å². The molecule has 4 heterocycles. The van der Waals surface area contributed by atoms with Crippen molar-refractivity contribution in [2.24, 2.45) is 0 Å². The molecule has 1 saturated carbocycles. The van der Waals surface area contributed by atoms with Crippen LogP contribution in [0.1, 0.15) is 41.3 Å². The zero-order chi connectivity index (χ0) is 31.2. The lowest BCUT2D eigenvalue weighted by molar-refractivity contribution is -0.137. The molecule has 3 aromatic heterocycles. The minimum atomic E-state index is -1.37. The number of aromatic nitrogens is 5. The summed E-state index contributed by atoms with van der Waals surface area (Å²) in [5, 5.41) is 28.9. The molecule has 1 aliphatic heterocycles. The third-order valence-electron chi connectivity index (χ3n) is 8.76. The number of ether oxygens (including phenoxy) is 1. The number of carbonyl (C=O) groups excluding carboxylic acids is 1. The standard InChI is InChI=1S/C33H37N7O4S/c1-18-4-5-19(2)21(12-18)15-39-14-20(24-13-23(45-3)8-9-25(24)39)10-11-34-30-26-31(36-16-35-30)40(17-37-26)33-28(42)27(41)29(44-33)32(43)38-22-6-7-22/h4-5,8-9,12-14,16-17,22,27-29,33,41-42H,6-7,10-11,15H2,1-3H3,(H,38,43)(H,34,35,36)/t27-,28+,29-,33+/m0/s1. The molecule has 234 valence electrons. The maximum atomic E-state index is 12.6. The van der Waals surface area contributed by atoms with Crippen molar-refractivity contribution in [1.82, 2.24) is 29.4 Å². The van der Waals surface area contributed by atoms with Crippen molar-refractivity contribution in [2.45, 2.75) is 75.1 Å². The maximum Gasteiger partial charge on any atom is 0.252 e. The smallest absolute Gasteiger partial charge is 0.252 e. The van der Waals surface area contributed by atoms with E-state index in [0.29, 0.717) is 23.5 Å². The van der Waals surface area contributed by atoms with E-state index in [4.69, 9.17) is 4.74 Å². The number of aryl methyl sites for hydroxylation is 2. The first-order valence-corrected chi connectivity index (χ1v) is 16.5. The lowest BCUT2D eigenvalue weighted by atomic mass is 10.1. The molecule has 4 atom stereocenters. The van der Waals surface area contributed by atoms with Gasteiger partial charge in [-0.1, -0.05) is 23.8 Å². The molecule has 4 N–H and O–H groups in total. The summed E-state index contributed by atoms with van der Waals surface area (Å²) < 4.78 is 9.73. The van der Waals surface area contributed by atoms with Crippen molar-refractivity contribution < 1.29 is 19.7 Å². The van der Waals surface area contributed by atoms with Gasteiger partial charge in [0.15, 0.2) is 29.3 Å². The Hall–Kier alpha value is -3.97. The molecule has 11 nitrogen and oxygen atoms in total. The minimum absolute atomic E-state index is 0.112. The number of nitrogens with zero attached hydrogens (tertiary/aromatic N) is 5. The van der Waals surface area contributed by atoms with E-state index in [2.05, 4.69) is 92.9 Å². The molecule has 1 amide bonds. The number of thioether (sulfide) groups is 1. The zero-order valence-corrected chi connectivity index (χ0v) is 26.3. The molecule has 45 heavy (non-hydrogen) atoms. The lowest BCUT2D eigenvalue weighted by Crippen LogP contribution is -2.43. The number of carbonyl (C=O) groups is 1. The second-order valence-electron chi connectivity index (χ2n) is 12.0. The van der Waals surface area contributed by atoms with Crippen LogP contribution in [0.3, 0.4) is 0 Å². The highest BCUT2D eigenvalue weighted by atomic mass is 32.2. The number of fused-ring (bicyclic) bond motifs is 2. The summed E-state index contributed by atoms with van der Waals surface area (Å²) in [4.78, 5) is 27.1. The van der Waals surface area contributed by atoms with Gasteiger partial charge < -0.3 is 30.2 Å². The van der Waals surface area contributed by atoms with Crippen LogP contribution in [-0.4, -0.2) is 77.4 Å². The van der Waals surface area contributed by atoms with Crippen LogP contribution in [0, 0.1) is 13.8 Å². The van der Waals surface area contributed by atoms with Gasteiger partial charge in [-0.25, -0.2) is 15.0 Å². The summed E-state index contributed by atoms with van der Waals surface area (Å²) in [6.07, 6.45) is 4.97. The Morgan fingerprint density at radius 2 is 1.91 bits per heavy atom. The molecular weight excluding hydrogens is 590 g/mol. The van der Waals surface area contributed by atoms with Gasteiger partial charge >= 0.3 is 0 Å². The SMILES string of the molecule is CSc1ccc2c(c1)c(CCNc1ncnc3c1ncn3[C@@H]1O[C@H](C(=O)NC3CC3)[C@@H](O)[C@H]1O)cn2Cc1cc(C)ccc1C. The Morgan fingerprint density at radius 1 is 1.07 bits per heavy atom. The Balaban J connectivity index is 1.10. The molecule has 2 fully saturated rings. The Morgan fingerprint density at radius 3 is 2.71 bits per heavy atom. The number of imidazole rings is 1. The fourth-order valence-electron chi connectivity index (χ4n) is 6.06. The first-order chi connectivity index (χ1) is 21.8. The number of anilines is 1. The van der Waals surface area contributed by atoms with Gasteiger partial charge in [-0.15, -0.1) is 11.8 Å². The van der Waals surface area contributed by atoms with Gasteiger partial charge in [0, 0.05) is 41.1 Å². The largest absolute Gasteiger partial charge is 0.387 e. The maximum absolute atomic E-state index is 12.6. The summed E-state index contributed by atoms with van der Waals surface area (Å²) in [7, 11) is 0. The third-order valence-corrected chi connectivity index (χ3v) is 9.48. The van der Waals surface area contributed by atoms with Gasteiger partial charge in [-0.3, -0.25) is 9.36 Å². The molecule has 12 heteroatoms. The Bertz CT molecular complexity index is 1880. The van der Waals surface area contributed by atoms with Crippen LogP contribution >= 0.6 is 11.8 Å². The van der Waals surface area contributed by atoms with Gasteiger partial charge in [-0.2, -0.15) is 0 Å². The predicted molar refractivity (Wildman–Crippen MR) is 173 cm³/mol. The molecule has 0 bridgehead atoms. The van der Waals surface area contributed by atoms with Gasteiger partial charge in [0.25, 0.3) is 5.91 Å². The number of aliphatic hydroxyl groups excluding tert-OH is 2. The van der Waals surface area contributed by atoms with E-state index in [-0.39, 0.29) is 6.04 Å². The van der Waals surface area contributed by atoms with Crippen molar-refractivity contribution in [3.8, 4) is 0 Å².